The van der Waals surface area contributed by atoms with E-state index in [0.29, 0.717) is 6.04 Å². The molecule has 3 heteroatoms. The number of hydrazone groups is 1. The molecule has 0 aromatic heterocycles. The zero-order chi connectivity index (χ0) is 6.69. The minimum atomic E-state index is 0.579. The molecular weight excluding hydrogens is 114 g/mol. The number of nitrogens with zero attached hydrogens (tertiary/aromatic N) is 2. The van der Waals surface area contributed by atoms with Crippen molar-refractivity contribution in [2.45, 2.75) is 12.5 Å². The van der Waals surface area contributed by atoms with Gasteiger partial charge in [-0.1, -0.05) is 0 Å². The average Bonchev–Trinajstić information content (AvgIpc) is 2.18. The maximum atomic E-state index is 4.10. The third-order valence-electron chi connectivity index (χ3n) is 1.61. The van der Waals surface area contributed by atoms with Crippen molar-refractivity contribution in [1.29, 1.82) is 0 Å². The van der Waals surface area contributed by atoms with Crippen LogP contribution in [0.15, 0.2) is 5.10 Å². The highest BCUT2D eigenvalue weighted by molar-refractivity contribution is 5.59. The van der Waals surface area contributed by atoms with Crippen molar-refractivity contribution < 1.29 is 0 Å². The molecule has 1 rings (SSSR count). The van der Waals surface area contributed by atoms with Gasteiger partial charge in [0.2, 0.25) is 0 Å². The van der Waals surface area contributed by atoms with E-state index in [4.69, 9.17) is 0 Å². The lowest BCUT2D eigenvalue weighted by molar-refractivity contribution is 0.280. The second-order valence-electron chi connectivity index (χ2n) is 2.32. The molecule has 0 spiro atoms. The summed E-state index contributed by atoms with van der Waals surface area (Å²) in [5.41, 5.74) is 0. The van der Waals surface area contributed by atoms with Gasteiger partial charge >= 0.3 is 0 Å². The molecule has 52 valence electrons. The SMILES string of the molecule is CNCC1CC=NN1C. The summed E-state index contributed by atoms with van der Waals surface area (Å²) in [5.74, 6) is 0. The maximum absolute atomic E-state index is 4.10. The fourth-order valence-electron chi connectivity index (χ4n) is 0.996. The van der Waals surface area contributed by atoms with Crippen LogP contribution in [0.1, 0.15) is 6.42 Å². The molecule has 1 unspecified atom stereocenters. The van der Waals surface area contributed by atoms with Crippen molar-refractivity contribution in [2.75, 3.05) is 20.6 Å². The van der Waals surface area contributed by atoms with Crippen molar-refractivity contribution in [1.82, 2.24) is 10.3 Å². The minimum Gasteiger partial charge on any atom is -0.318 e. The van der Waals surface area contributed by atoms with Gasteiger partial charge in [-0.15, -0.1) is 0 Å². The number of rotatable bonds is 2. The lowest BCUT2D eigenvalue weighted by atomic mass is 10.2. The summed E-state index contributed by atoms with van der Waals surface area (Å²) in [7, 11) is 3.97. The minimum absolute atomic E-state index is 0.579. The molecule has 1 heterocycles. The van der Waals surface area contributed by atoms with Gasteiger partial charge in [0, 0.05) is 26.2 Å². The highest BCUT2D eigenvalue weighted by Crippen LogP contribution is 2.05. The summed E-state index contributed by atoms with van der Waals surface area (Å²) < 4.78 is 0. The van der Waals surface area contributed by atoms with E-state index in [1.165, 1.54) is 0 Å². The van der Waals surface area contributed by atoms with Gasteiger partial charge in [0.1, 0.15) is 0 Å². The van der Waals surface area contributed by atoms with Gasteiger partial charge in [-0.3, -0.25) is 5.01 Å². The van der Waals surface area contributed by atoms with E-state index in [1.54, 1.807) is 0 Å². The van der Waals surface area contributed by atoms with Gasteiger partial charge in [-0.2, -0.15) is 5.10 Å². The Bertz CT molecular complexity index is 111. The molecule has 1 atom stereocenters. The zero-order valence-corrected chi connectivity index (χ0v) is 5.96. The molecule has 9 heavy (non-hydrogen) atoms. The van der Waals surface area contributed by atoms with E-state index in [1.807, 2.05) is 25.3 Å². The Balaban J connectivity index is 2.28. The average molecular weight is 127 g/mol. The van der Waals surface area contributed by atoms with Gasteiger partial charge in [-0.25, -0.2) is 0 Å². The van der Waals surface area contributed by atoms with Gasteiger partial charge in [-0.05, 0) is 7.05 Å². The molecule has 0 aromatic carbocycles. The molecule has 1 N–H and O–H groups in total. The third kappa shape index (κ3) is 1.42. The summed E-state index contributed by atoms with van der Waals surface area (Å²) in [6.07, 6.45) is 3.04. The summed E-state index contributed by atoms with van der Waals surface area (Å²) in [5, 5.41) is 9.22. The van der Waals surface area contributed by atoms with E-state index in [9.17, 15) is 0 Å². The first-order valence-corrected chi connectivity index (χ1v) is 3.24. The quantitative estimate of drug-likeness (QED) is 0.560. The molecule has 0 radical (unpaired) electrons. The smallest absolute Gasteiger partial charge is 0.0641 e. The molecule has 0 fully saturated rings. The summed E-state index contributed by atoms with van der Waals surface area (Å²) in [4.78, 5) is 0. The molecule has 1 aliphatic heterocycles. The van der Waals surface area contributed by atoms with Crippen molar-refractivity contribution in [3.8, 4) is 0 Å². The largest absolute Gasteiger partial charge is 0.318 e. The Hall–Kier alpha value is -0.570. The topological polar surface area (TPSA) is 27.6 Å². The maximum Gasteiger partial charge on any atom is 0.0641 e. The Kier molecular flexibility index (Phi) is 2.05. The summed E-state index contributed by atoms with van der Waals surface area (Å²) in [6.45, 7) is 1.02. The molecule has 0 saturated heterocycles. The van der Waals surface area contributed by atoms with Crippen molar-refractivity contribution >= 4 is 6.21 Å². The van der Waals surface area contributed by atoms with Gasteiger partial charge in [0.05, 0.1) is 6.04 Å². The molecule has 0 aromatic rings. The standard InChI is InChI=1S/C6H13N3/c1-7-5-6-3-4-8-9(6)2/h4,6-7H,3,5H2,1-2H3. The van der Waals surface area contributed by atoms with Gasteiger partial charge in [0.25, 0.3) is 0 Å². The van der Waals surface area contributed by atoms with Crippen LogP contribution in [0.2, 0.25) is 0 Å². The van der Waals surface area contributed by atoms with Gasteiger partial charge in [0.15, 0.2) is 0 Å². The molecule has 1 aliphatic rings. The van der Waals surface area contributed by atoms with E-state index in [0.717, 1.165) is 13.0 Å². The van der Waals surface area contributed by atoms with E-state index < -0.39 is 0 Å². The van der Waals surface area contributed by atoms with Crippen LogP contribution in [0.25, 0.3) is 0 Å². The first-order chi connectivity index (χ1) is 4.34. The molecule has 0 amide bonds. The van der Waals surface area contributed by atoms with Crippen LogP contribution in [0.4, 0.5) is 0 Å². The number of likely N-dealkylation sites (N-methyl/N-ethyl adjacent to an activating group) is 2. The second-order valence-corrected chi connectivity index (χ2v) is 2.32. The van der Waals surface area contributed by atoms with Crippen LogP contribution in [0.3, 0.4) is 0 Å². The third-order valence-corrected chi connectivity index (χ3v) is 1.61. The van der Waals surface area contributed by atoms with Crippen molar-refractivity contribution in [3.05, 3.63) is 0 Å². The van der Waals surface area contributed by atoms with E-state index >= 15 is 0 Å². The first kappa shape index (κ1) is 6.55. The van der Waals surface area contributed by atoms with Crippen LogP contribution in [-0.2, 0) is 0 Å². The number of hydrogen-bond acceptors (Lipinski definition) is 3. The highest BCUT2D eigenvalue weighted by Gasteiger charge is 2.14. The molecule has 0 bridgehead atoms. The van der Waals surface area contributed by atoms with Crippen molar-refractivity contribution in [3.63, 3.8) is 0 Å². The Labute approximate surface area is 55.7 Å². The fraction of sp³-hybridized carbons (Fsp3) is 0.833. The lowest BCUT2D eigenvalue weighted by Gasteiger charge is -2.17. The van der Waals surface area contributed by atoms with E-state index in [-0.39, 0.29) is 0 Å². The summed E-state index contributed by atoms with van der Waals surface area (Å²) >= 11 is 0. The number of hydrogen-bond donors (Lipinski definition) is 1. The Morgan fingerprint density at radius 1 is 1.89 bits per heavy atom. The second kappa shape index (κ2) is 2.82. The lowest BCUT2D eigenvalue weighted by Crippen LogP contribution is -2.32. The van der Waals surface area contributed by atoms with Gasteiger partial charge < -0.3 is 5.32 Å². The van der Waals surface area contributed by atoms with Crippen LogP contribution in [-0.4, -0.2) is 37.9 Å². The predicted octanol–water partition coefficient (Wildman–Crippen LogP) is -0.104. The van der Waals surface area contributed by atoms with E-state index in [2.05, 4.69) is 10.4 Å². The Morgan fingerprint density at radius 2 is 2.67 bits per heavy atom. The molecule has 0 aliphatic carbocycles. The number of nitrogens with one attached hydrogen (secondary N) is 1. The monoisotopic (exact) mass is 127 g/mol. The fourth-order valence-corrected chi connectivity index (χ4v) is 0.996. The first-order valence-electron chi connectivity index (χ1n) is 3.24. The van der Waals surface area contributed by atoms with Crippen LogP contribution < -0.4 is 5.32 Å². The van der Waals surface area contributed by atoms with Crippen LogP contribution in [0.5, 0.6) is 0 Å². The van der Waals surface area contributed by atoms with Crippen LogP contribution >= 0.6 is 0 Å². The molecule has 3 nitrogen and oxygen atoms in total. The predicted molar refractivity (Wildman–Crippen MR) is 38.6 cm³/mol. The van der Waals surface area contributed by atoms with Crippen molar-refractivity contribution in [2.24, 2.45) is 5.10 Å². The summed E-state index contributed by atoms with van der Waals surface area (Å²) in [6, 6.07) is 0.579. The highest BCUT2D eigenvalue weighted by atomic mass is 15.5. The molecule has 0 saturated carbocycles. The van der Waals surface area contributed by atoms with Crippen LogP contribution in [0, 0.1) is 0 Å². The Morgan fingerprint density at radius 3 is 3.11 bits per heavy atom. The zero-order valence-electron chi connectivity index (χ0n) is 5.96. The normalized spacial score (nSPS) is 25.6. The molecular formula is C6H13N3.